The molecular weight excluding hydrogens is 228 g/mol. The number of nitrogen functional groups attached to an aromatic ring is 1. The van der Waals surface area contributed by atoms with Crippen LogP contribution in [0.4, 0.5) is 5.82 Å². The topological polar surface area (TPSA) is 71.2 Å². The molecule has 1 amide bonds. The van der Waals surface area contributed by atoms with Crippen LogP contribution in [0.2, 0.25) is 0 Å². The number of anilines is 1. The molecule has 1 aliphatic rings. The maximum Gasteiger partial charge on any atom is 0.255 e. The maximum absolute atomic E-state index is 12.5. The molecule has 0 bridgehead atoms. The van der Waals surface area contributed by atoms with Gasteiger partial charge in [0.2, 0.25) is 0 Å². The molecule has 98 valence electrons. The highest BCUT2D eigenvalue weighted by Crippen LogP contribution is 2.24. The van der Waals surface area contributed by atoms with Gasteiger partial charge in [0, 0.05) is 18.3 Å². The van der Waals surface area contributed by atoms with Gasteiger partial charge in [0.05, 0.1) is 5.56 Å². The fourth-order valence-electron chi connectivity index (χ4n) is 2.58. The van der Waals surface area contributed by atoms with Crippen molar-refractivity contribution in [2.45, 2.75) is 45.2 Å². The zero-order valence-electron chi connectivity index (χ0n) is 10.9. The number of nitrogens with one attached hydrogen (secondary N) is 1. The van der Waals surface area contributed by atoms with Crippen molar-refractivity contribution in [2.75, 3.05) is 5.43 Å². The van der Waals surface area contributed by atoms with E-state index in [2.05, 4.69) is 24.3 Å². The van der Waals surface area contributed by atoms with Crippen molar-refractivity contribution in [3.8, 4) is 0 Å². The number of piperidine rings is 1. The monoisotopic (exact) mass is 248 g/mol. The Bertz CT molecular complexity index is 408. The predicted molar refractivity (Wildman–Crippen MR) is 71.0 cm³/mol. The molecular formula is C13H20N4O. The molecule has 5 heteroatoms. The van der Waals surface area contributed by atoms with Crippen LogP contribution in [0, 0.1) is 0 Å². The number of likely N-dealkylation sites (tertiary alicyclic amines) is 1. The maximum atomic E-state index is 12.5. The molecule has 2 atom stereocenters. The fourth-order valence-corrected chi connectivity index (χ4v) is 2.58. The first-order valence-electron chi connectivity index (χ1n) is 6.39. The summed E-state index contributed by atoms with van der Waals surface area (Å²) in [6, 6.07) is 4.08. The minimum Gasteiger partial charge on any atom is -0.333 e. The van der Waals surface area contributed by atoms with Crippen LogP contribution in [0.25, 0.3) is 0 Å². The van der Waals surface area contributed by atoms with Crippen molar-refractivity contribution in [1.82, 2.24) is 9.88 Å². The summed E-state index contributed by atoms with van der Waals surface area (Å²) in [6.07, 6.45) is 4.92. The van der Waals surface area contributed by atoms with Gasteiger partial charge >= 0.3 is 0 Å². The lowest BCUT2D eigenvalue weighted by Gasteiger charge is -2.39. The molecule has 5 nitrogen and oxygen atoms in total. The van der Waals surface area contributed by atoms with Crippen molar-refractivity contribution in [1.29, 1.82) is 0 Å². The van der Waals surface area contributed by atoms with Crippen LogP contribution < -0.4 is 11.3 Å². The Morgan fingerprint density at radius 2 is 2.06 bits per heavy atom. The van der Waals surface area contributed by atoms with Gasteiger partial charge in [-0.25, -0.2) is 10.8 Å². The Hall–Kier alpha value is -1.62. The van der Waals surface area contributed by atoms with Crippen LogP contribution in [0.3, 0.4) is 0 Å². The van der Waals surface area contributed by atoms with Crippen LogP contribution in [0.1, 0.15) is 43.5 Å². The first-order valence-corrected chi connectivity index (χ1v) is 6.39. The Morgan fingerprint density at radius 1 is 1.39 bits per heavy atom. The molecule has 2 rings (SSSR count). The van der Waals surface area contributed by atoms with Gasteiger partial charge in [-0.1, -0.05) is 0 Å². The van der Waals surface area contributed by atoms with Gasteiger partial charge < -0.3 is 10.3 Å². The molecule has 1 aromatic rings. The van der Waals surface area contributed by atoms with Crippen molar-refractivity contribution < 1.29 is 4.79 Å². The number of pyridine rings is 1. The zero-order valence-corrected chi connectivity index (χ0v) is 10.9. The van der Waals surface area contributed by atoms with Gasteiger partial charge in [0.15, 0.2) is 0 Å². The summed E-state index contributed by atoms with van der Waals surface area (Å²) < 4.78 is 0. The number of aromatic nitrogens is 1. The molecule has 0 saturated carbocycles. The Balaban J connectivity index is 2.18. The van der Waals surface area contributed by atoms with Gasteiger partial charge in [0.1, 0.15) is 5.82 Å². The number of nitrogens with zero attached hydrogens (tertiary/aromatic N) is 2. The molecule has 1 fully saturated rings. The van der Waals surface area contributed by atoms with E-state index >= 15 is 0 Å². The first kappa shape index (κ1) is 12.8. The van der Waals surface area contributed by atoms with Gasteiger partial charge in [-0.05, 0) is 45.2 Å². The Labute approximate surface area is 107 Å². The molecule has 2 unspecified atom stereocenters. The average Bonchev–Trinajstić information content (AvgIpc) is 2.38. The highest BCUT2D eigenvalue weighted by Gasteiger charge is 2.29. The number of hydrogen-bond acceptors (Lipinski definition) is 4. The number of hydrazine groups is 1. The summed E-state index contributed by atoms with van der Waals surface area (Å²) in [5.74, 6) is 5.88. The number of nitrogens with two attached hydrogens (primary N) is 1. The van der Waals surface area contributed by atoms with Crippen molar-refractivity contribution in [3.63, 3.8) is 0 Å². The van der Waals surface area contributed by atoms with Crippen LogP contribution in [-0.4, -0.2) is 27.9 Å². The van der Waals surface area contributed by atoms with Gasteiger partial charge in [0.25, 0.3) is 5.91 Å². The predicted octanol–water partition coefficient (Wildman–Crippen LogP) is 1.77. The lowest BCUT2D eigenvalue weighted by molar-refractivity contribution is 0.0510. The number of rotatable bonds is 2. The number of hydrogen-bond donors (Lipinski definition) is 2. The molecule has 1 aromatic heterocycles. The Kier molecular flexibility index (Phi) is 3.81. The minimum atomic E-state index is 0.0609. The molecule has 3 N–H and O–H groups in total. The second-order valence-corrected chi connectivity index (χ2v) is 4.92. The molecule has 1 aliphatic heterocycles. The summed E-state index contributed by atoms with van der Waals surface area (Å²) in [5.41, 5.74) is 3.07. The second kappa shape index (κ2) is 5.35. The average molecular weight is 248 g/mol. The molecule has 2 heterocycles. The lowest BCUT2D eigenvalue weighted by Crippen LogP contribution is -2.47. The Morgan fingerprint density at radius 3 is 2.56 bits per heavy atom. The van der Waals surface area contributed by atoms with E-state index in [1.54, 1.807) is 18.3 Å². The zero-order chi connectivity index (χ0) is 13.1. The van der Waals surface area contributed by atoms with E-state index in [1.165, 1.54) is 6.42 Å². The lowest BCUT2D eigenvalue weighted by atomic mass is 9.96. The van der Waals surface area contributed by atoms with E-state index in [1.807, 2.05) is 4.90 Å². The number of carbonyl (C=O) groups is 1. The standard InChI is InChI=1S/C13H20N4O/c1-9-4-3-5-10(2)17(9)13(18)11-6-7-12(16-14)15-8-11/h6-10H,3-5,14H2,1-2H3,(H,15,16). The summed E-state index contributed by atoms with van der Waals surface area (Å²) in [5, 5.41) is 0. The quantitative estimate of drug-likeness (QED) is 0.618. The fraction of sp³-hybridized carbons (Fsp3) is 0.538. The largest absolute Gasteiger partial charge is 0.333 e. The summed E-state index contributed by atoms with van der Waals surface area (Å²) in [6.45, 7) is 4.22. The van der Waals surface area contributed by atoms with E-state index in [0.717, 1.165) is 12.8 Å². The van der Waals surface area contributed by atoms with E-state index in [9.17, 15) is 4.79 Å². The molecule has 0 aromatic carbocycles. The summed E-state index contributed by atoms with van der Waals surface area (Å²) in [7, 11) is 0. The third-order valence-corrected chi connectivity index (χ3v) is 3.59. The number of amides is 1. The molecule has 1 saturated heterocycles. The molecule has 18 heavy (non-hydrogen) atoms. The van der Waals surface area contributed by atoms with E-state index in [4.69, 9.17) is 5.84 Å². The van der Waals surface area contributed by atoms with Gasteiger partial charge in [-0.2, -0.15) is 0 Å². The van der Waals surface area contributed by atoms with Crippen LogP contribution in [0.5, 0.6) is 0 Å². The highest BCUT2D eigenvalue weighted by molar-refractivity contribution is 5.94. The van der Waals surface area contributed by atoms with E-state index in [0.29, 0.717) is 23.5 Å². The third kappa shape index (κ3) is 2.46. The second-order valence-electron chi connectivity index (χ2n) is 4.92. The minimum absolute atomic E-state index is 0.0609. The SMILES string of the molecule is CC1CCCC(C)N1C(=O)c1ccc(NN)nc1. The number of carbonyl (C=O) groups excluding carboxylic acids is 1. The van der Waals surface area contributed by atoms with E-state index in [-0.39, 0.29) is 5.91 Å². The van der Waals surface area contributed by atoms with Gasteiger partial charge in [-0.15, -0.1) is 0 Å². The van der Waals surface area contributed by atoms with Crippen molar-refractivity contribution in [2.24, 2.45) is 5.84 Å². The highest BCUT2D eigenvalue weighted by atomic mass is 16.2. The third-order valence-electron chi connectivity index (χ3n) is 3.59. The van der Waals surface area contributed by atoms with E-state index < -0.39 is 0 Å². The van der Waals surface area contributed by atoms with Gasteiger partial charge in [-0.3, -0.25) is 4.79 Å². The first-order chi connectivity index (χ1) is 8.63. The molecule has 0 aliphatic carbocycles. The van der Waals surface area contributed by atoms with Crippen molar-refractivity contribution >= 4 is 11.7 Å². The smallest absolute Gasteiger partial charge is 0.255 e. The van der Waals surface area contributed by atoms with Crippen molar-refractivity contribution in [3.05, 3.63) is 23.9 Å². The van der Waals surface area contributed by atoms with Crippen LogP contribution in [-0.2, 0) is 0 Å². The van der Waals surface area contributed by atoms with Crippen LogP contribution >= 0.6 is 0 Å². The molecule has 0 radical (unpaired) electrons. The summed E-state index contributed by atoms with van der Waals surface area (Å²) in [4.78, 5) is 18.5. The molecule has 0 spiro atoms. The van der Waals surface area contributed by atoms with Crippen LogP contribution in [0.15, 0.2) is 18.3 Å². The summed E-state index contributed by atoms with van der Waals surface area (Å²) >= 11 is 0. The normalized spacial score (nSPS) is 23.8.